The van der Waals surface area contributed by atoms with Crippen molar-refractivity contribution in [2.75, 3.05) is 0 Å². The van der Waals surface area contributed by atoms with Crippen LogP contribution in [0.15, 0.2) is 71.1 Å². The Balaban J connectivity index is 1.84. The Kier molecular flexibility index (Phi) is 4.66. The van der Waals surface area contributed by atoms with Crippen LogP contribution in [-0.4, -0.2) is 24.1 Å². The number of allylic oxidation sites excluding steroid dienone is 1. The molecule has 0 atom stereocenters. The van der Waals surface area contributed by atoms with E-state index in [4.69, 9.17) is 0 Å². The number of thioether (sulfide) groups is 1. The molecule has 0 saturated carbocycles. The van der Waals surface area contributed by atoms with Crippen molar-refractivity contribution in [3.05, 3.63) is 87.2 Å². The Hall–Kier alpha value is -3.46. The predicted molar refractivity (Wildman–Crippen MR) is 108 cm³/mol. The minimum atomic E-state index is -0.394. The topological polar surface area (TPSA) is 95.3 Å². The van der Waals surface area contributed by atoms with Gasteiger partial charge in [-0.05, 0) is 12.1 Å². The summed E-state index contributed by atoms with van der Waals surface area (Å²) in [6.07, 6.45) is 1.63. The minimum absolute atomic E-state index is 0.0669. The second-order valence-corrected chi connectivity index (χ2v) is 6.96. The van der Waals surface area contributed by atoms with Crippen molar-refractivity contribution in [3.8, 4) is 0 Å². The number of benzene rings is 2. The third kappa shape index (κ3) is 2.95. The van der Waals surface area contributed by atoms with Gasteiger partial charge in [-0.1, -0.05) is 48.2 Å². The lowest BCUT2D eigenvalue weighted by atomic mass is 10.2. The molecule has 140 valence electrons. The molecular formula is C19H15N5O3S. The molecular weight excluding hydrogens is 378 g/mol. The molecule has 0 aliphatic heterocycles. The van der Waals surface area contributed by atoms with Crippen molar-refractivity contribution in [3.63, 3.8) is 0 Å². The van der Waals surface area contributed by atoms with E-state index in [0.29, 0.717) is 39.7 Å². The molecule has 28 heavy (non-hydrogen) atoms. The van der Waals surface area contributed by atoms with Gasteiger partial charge in [-0.2, -0.15) is 0 Å². The van der Waals surface area contributed by atoms with Crippen molar-refractivity contribution in [1.29, 1.82) is 0 Å². The van der Waals surface area contributed by atoms with Gasteiger partial charge in [0.2, 0.25) is 5.78 Å². The maximum Gasteiger partial charge on any atom is 0.273 e. The fourth-order valence-electron chi connectivity index (χ4n) is 3.07. The number of nitro benzene ring substituents is 1. The lowest BCUT2D eigenvalue weighted by Gasteiger charge is -2.09. The Morgan fingerprint density at radius 2 is 1.89 bits per heavy atom. The van der Waals surface area contributed by atoms with Crippen LogP contribution in [0.2, 0.25) is 0 Å². The second-order valence-electron chi connectivity index (χ2n) is 6.01. The van der Waals surface area contributed by atoms with E-state index in [0.717, 1.165) is 0 Å². The van der Waals surface area contributed by atoms with Gasteiger partial charge in [0.25, 0.3) is 11.2 Å². The molecule has 0 aliphatic carbocycles. The summed E-state index contributed by atoms with van der Waals surface area (Å²) in [5.74, 6) is 0.765. The average molecular weight is 393 g/mol. The van der Waals surface area contributed by atoms with Crippen LogP contribution in [0.1, 0.15) is 5.56 Å². The van der Waals surface area contributed by atoms with Crippen molar-refractivity contribution in [2.45, 2.75) is 17.5 Å². The number of hydrogen-bond donors (Lipinski definition) is 0. The standard InChI is InChI=1S/C19H15N5O3S/c1-2-11-22-17(25)14-8-4-6-10-16(14)23-18(22)20-21-19(23)28-12-13-7-3-5-9-15(13)24(26)27/h2-10H,1,11-12H2. The van der Waals surface area contributed by atoms with Crippen LogP contribution in [0.3, 0.4) is 0 Å². The zero-order valence-electron chi connectivity index (χ0n) is 14.7. The van der Waals surface area contributed by atoms with E-state index >= 15 is 0 Å². The summed E-state index contributed by atoms with van der Waals surface area (Å²) in [7, 11) is 0. The number of nitrogens with zero attached hydrogens (tertiary/aromatic N) is 5. The minimum Gasteiger partial charge on any atom is -0.272 e. The molecule has 0 N–H and O–H groups in total. The summed E-state index contributed by atoms with van der Waals surface area (Å²) in [6, 6.07) is 13.8. The highest BCUT2D eigenvalue weighted by molar-refractivity contribution is 7.98. The van der Waals surface area contributed by atoms with E-state index in [1.54, 1.807) is 40.8 Å². The first kappa shape index (κ1) is 17.9. The van der Waals surface area contributed by atoms with Gasteiger partial charge in [0.15, 0.2) is 5.16 Å². The normalized spacial score (nSPS) is 11.1. The van der Waals surface area contributed by atoms with Gasteiger partial charge < -0.3 is 0 Å². The van der Waals surface area contributed by atoms with Gasteiger partial charge in [0.05, 0.1) is 15.8 Å². The predicted octanol–water partition coefficient (Wildman–Crippen LogP) is 3.43. The first-order valence-corrected chi connectivity index (χ1v) is 9.43. The number of aromatic nitrogens is 4. The summed E-state index contributed by atoms with van der Waals surface area (Å²) in [4.78, 5) is 23.6. The summed E-state index contributed by atoms with van der Waals surface area (Å²) in [5, 5.41) is 20.8. The third-order valence-corrected chi connectivity index (χ3v) is 5.31. The van der Waals surface area contributed by atoms with Gasteiger partial charge in [0, 0.05) is 23.9 Å². The number of para-hydroxylation sites is 2. The maximum absolute atomic E-state index is 12.8. The maximum atomic E-state index is 12.8. The molecule has 8 nitrogen and oxygen atoms in total. The van der Waals surface area contributed by atoms with E-state index in [1.165, 1.54) is 22.4 Å². The smallest absolute Gasteiger partial charge is 0.272 e. The second kappa shape index (κ2) is 7.28. The first-order chi connectivity index (χ1) is 13.6. The number of hydrogen-bond acceptors (Lipinski definition) is 6. The van der Waals surface area contributed by atoms with Crippen molar-refractivity contribution < 1.29 is 4.92 Å². The molecule has 0 unspecified atom stereocenters. The van der Waals surface area contributed by atoms with E-state index in [9.17, 15) is 14.9 Å². The van der Waals surface area contributed by atoms with Gasteiger partial charge in [-0.3, -0.25) is 23.9 Å². The zero-order chi connectivity index (χ0) is 19.7. The SMILES string of the molecule is C=CCn1c(=O)c2ccccc2n2c(SCc3ccccc3[N+](=O)[O-])nnc12. The first-order valence-electron chi connectivity index (χ1n) is 8.44. The monoisotopic (exact) mass is 393 g/mol. The summed E-state index contributed by atoms with van der Waals surface area (Å²) in [6.45, 7) is 4.01. The zero-order valence-corrected chi connectivity index (χ0v) is 15.5. The van der Waals surface area contributed by atoms with Crippen molar-refractivity contribution in [1.82, 2.24) is 19.2 Å². The van der Waals surface area contributed by atoms with Crippen LogP contribution in [0.5, 0.6) is 0 Å². The molecule has 0 amide bonds. The van der Waals surface area contributed by atoms with Crippen molar-refractivity contribution in [2.24, 2.45) is 0 Å². The largest absolute Gasteiger partial charge is 0.273 e. The molecule has 2 heterocycles. The van der Waals surface area contributed by atoms with Gasteiger partial charge >= 0.3 is 0 Å². The molecule has 4 aromatic rings. The molecule has 2 aromatic heterocycles. The molecule has 2 aromatic carbocycles. The fourth-order valence-corrected chi connectivity index (χ4v) is 4.01. The molecule has 9 heteroatoms. The Bertz CT molecular complexity index is 1280. The lowest BCUT2D eigenvalue weighted by molar-refractivity contribution is -0.385. The van der Waals surface area contributed by atoms with Crippen LogP contribution in [0.4, 0.5) is 5.69 Å². The fraction of sp³-hybridized carbons (Fsp3) is 0.105. The van der Waals surface area contributed by atoms with E-state index < -0.39 is 4.92 Å². The highest BCUT2D eigenvalue weighted by Gasteiger charge is 2.18. The van der Waals surface area contributed by atoms with Crippen molar-refractivity contribution >= 4 is 34.1 Å². The summed E-state index contributed by atoms with van der Waals surface area (Å²) < 4.78 is 3.32. The van der Waals surface area contributed by atoms with E-state index in [-0.39, 0.29) is 11.2 Å². The number of nitro groups is 1. The molecule has 0 bridgehead atoms. The molecule has 4 rings (SSSR count). The summed E-state index contributed by atoms with van der Waals surface area (Å²) in [5.41, 5.74) is 1.19. The molecule has 0 radical (unpaired) electrons. The highest BCUT2D eigenvalue weighted by Crippen LogP contribution is 2.28. The highest BCUT2D eigenvalue weighted by atomic mass is 32.2. The van der Waals surface area contributed by atoms with Crippen LogP contribution in [-0.2, 0) is 12.3 Å². The lowest BCUT2D eigenvalue weighted by Crippen LogP contribution is -2.22. The van der Waals surface area contributed by atoms with Crippen LogP contribution in [0.25, 0.3) is 16.7 Å². The average Bonchev–Trinajstić information content (AvgIpc) is 3.13. The summed E-state index contributed by atoms with van der Waals surface area (Å²) >= 11 is 1.33. The third-order valence-electron chi connectivity index (χ3n) is 4.33. The Morgan fingerprint density at radius 3 is 2.68 bits per heavy atom. The molecule has 0 aliphatic rings. The van der Waals surface area contributed by atoms with Gasteiger partial charge in [0.1, 0.15) is 0 Å². The molecule has 0 fully saturated rings. The Morgan fingerprint density at radius 1 is 1.14 bits per heavy atom. The van der Waals surface area contributed by atoms with Crippen LogP contribution in [0, 0.1) is 10.1 Å². The van der Waals surface area contributed by atoms with Gasteiger partial charge in [-0.15, -0.1) is 16.8 Å². The molecule has 0 spiro atoms. The van der Waals surface area contributed by atoms with E-state index in [1.807, 2.05) is 12.1 Å². The molecule has 0 saturated heterocycles. The number of rotatable bonds is 6. The van der Waals surface area contributed by atoms with E-state index in [2.05, 4.69) is 16.8 Å². The number of fused-ring (bicyclic) bond motifs is 3. The van der Waals surface area contributed by atoms with Gasteiger partial charge in [-0.25, -0.2) is 0 Å². The quantitative estimate of drug-likeness (QED) is 0.216. The Labute approximate surface area is 163 Å². The van der Waals surface area contributed by atoms with Crippen LogP contribution < -0.4 is 5.56 Å². The van der Waals surface area contributed by atoms with Crippen LogP contribution >= 0.6 is 11.8 Å².